The summed E-state index contributed by atoms with van der Waals surface area (Å²) >= 11 is 0. The molecule has 0 heterocycles. The summed E-state index contributed by atoms with van der Waals surface area (Å²) < 4.78 is 0.637. The first-order chi connectivity index (χ1) is 6.21. The highest BCUT2D eigenvalue weighted by Crippen LogP contribution is 2.53. The molecule has 2 heteroatoms. The lowest BCUT2D eigenvalue weighted by Crippen LogP contribution is -2.54. The van der Waals surface area contributed by atoms with Gasteiger partial charge in [-0.2, -0.15) is 0 Å². The minimum Gasteiger partial charge on any atom is -0.0694 e. The molecule has 0 saturated carbocycles. The molecule has 0 bridgehead atoms. The van der Waals surface area contributed by atoms with E-state index in [0.29, 0.717) is 10.1 Å². The van der Waals surface area contributed by atoms with Crippen LogP contribution in [0.3, 0.4) is 0 Å². The fourth-order valence-corrected chi connectivity index (χ4v) is 13.8. The third kappa shape index (κ3) is 3.74. The van der Waals surface area contributed by atoms with Crippen molar-refractivity contribution < 1.29 is 0 Å². The molecule has 0 unspecified atom stereocenters. The molecule has 0 nitrogen and oxygen atoms in total. The van der Waals surface area contributed by atoms with Crippen molar-refractivity contribution in [3.8, 4) is 0 Å². The highest BCUT2D eigenvalue weighted by atomic mass is 28.4. The first kappa shape index (κ1) is 15.4. The molecule has 0 saturated heterocycles. The predicted octanol–water partition coefficient (Wildman–Crippen LogP) is 5.40. The maximum absolute atomic E-state index is 2.58. The van der Waals surface area contributed by atoms with Gasteiger partial charge in [0, 0.05) is 16.1 Å². The van der Waals surface area contributed by atoms with Crippen molar-refractivity contribution in [3.05, 3.63) is 0 Å². The Hall–Kier alpha value is 0.434. The molecule has 0 aromatic carbocycles. The molecular weight excluding hydrogens is 212 g/mol. The summed E-state index contributed by atoms with van der Waals surface area (Å²) in [6.45, 7) is 25.1. The molecule has 0 fully saturated rings. The van der Waals surface area contributed by atoms with Crippen molar-refractivity contribution in [2.75, 3.05) is 0 Å². The number of rotatable bonds is 3. The van der Waals surface area contributed by atoms with Crippen molar-refractivity contribution >= 4 is 16.1 Å². The van der Waals surface area contributed by atoms with Crippen LogP contribution in [0.4, 0.5) is 0 Å². The molecule has 0 rings (SSSR count). The van der Waals surface area contributed by atoms with Crippen molar-refractivity contribution in [1.82, 2.24) is 0 Å². The van der Waals surface area contributed by atoms with E-state index in [1.165, 1.54) is 6.42 Å². The van der Waals surface area contributed by atoms with Gasteiger partial charge < -0.3 is 0 Å². The van der Waals surface area contributed by atoms with Gasteiger partial charge in [0.25, 0.3) is 0 Å². The quantitative estimate of drug-likeness (QED) is 0.583. The van der Waals surface area contributed by atoms with E-state index < -0.39 is 16.1 Å². The molecule has 0 atom stereocenters. The highest BCUT2D eigenvalue weighted by Gasteiger charge is 2.50. The Morgan fingerprint density at radius 3 is 1.00 bits per heavy atom. The fourth-order valence-electron chi connectivity index (χ4n) is 2.72. The second-order valence-corrected chi connectivity index (χ2v) is 20.3. The normalized spacial score (nSPS) is 15.6. The van der Waals surface area contributed by atoms with Crippen LogP contribution in [-0.4, -0.2) is 16.1 Å². The minimum absolute atomic E-state index is 0.468. The Bertz CT molecular complexity index is 196. The van der Waals surface area contributed by atoms with Gasteiger partial charge in [-0.05, 0) is 16.5 Å². The van der Waals surface area contributed by atoms with Gasteiger partial charge in [-0.25, -0.2) is 0 Å². The largest absolute Gasteiger partial charge is 0.0694 e. The van der Waals surface area contributed by atoms with E-state index >= 15 is 0 Å². The molecule has 0 radical (unpaired) electrons. The summed E-state index contributed by atoms with van der Waals surface area (Å²) in [7, 11) is -2.19. The van der Waals surface area contributed by atoms with Crippen molar-refractivity contribution in [1.29, 1.82) is 0 Å². The van der Waals surface area contributed by atoms with Crippen LogP contribution in [0.2, 0.25) is 43.9 Å². The molecule has 0 N–H and O–H groups in total. The second-order valence-electron chi connectivity index (χ2n) is 8.57. The monoisotopic (exact) mass is 244 g/mol. The van der Waals surface area contributed by atoms with E-state index in [2.05, 4.69) is 67.0 Å². The van der Waals surface area contributed by atoms with E-state index in [4.69, 9.17) is 0 Å². The van der Waals surface area contributed by atoms with Crippen molar-refractivity contribution in [2.45, 2.75) is 78.1 Å². The Morgan fingerprint density at radius 1 is 0.667 bits per heavy atom. The maximum Gasteiger partial charge on any atom is 0.0475 e. The molecule has 92 valence electrons. The average Bonchev–Trinajstić information content (AvgIpc) is 1.77. The van der Waals surface area contributed by atoms with Gasteiger partial charge in [-0.15, -0.1) is 0 Å². The van der Waals surface area contributed by atoms with E-state index in [0.717, 1.165) is 0 Å². The summed E-state index contributed by atoms with van der Waals surface area (Å²) in [5, 5.41) is 0. The Balaban J connectivity index is 5.26. The van der Waals surface area contributed by atoms with Gasteiger partial charge >= 0.3 is 0 Å². The standard InChI is InChI=1S/C13H32Si2/c1-12(2,3)11-13(4,14(5,6)7)15(8,9)10/h11H2,1-10H3. The van der Waals surface area contributed by atoms with Gasteiger partial charge in [-0.3, -0.25) is 0 Å². The lowest BCUT2D eigenvalue weighted by atomic mass is 9.90. The summed E-state index contributed by atoms with van der Waals surface area (Å²) in [4.78, 5) is 0. The van der Waals surface area contributed by atoms with Gasteiger partial charge in [0.2, 0.25) is 0 Å². The van der Waals surface area contributed by atoms with Gasteiger partial charge in [-0.1, -0.05) is 67.0 Å². The van der Waals surface area contributed by atoms with E-state index in [1.54, 1.807) is 0 Å². The number of hydrogen-bond donors (Lipinski definition) is 0. The summed E-state index contributed by atoms with van der Waals surface area (Å²) in [6, 6.07) is 0. The van der Waals surface area contributed by atoms with Gasteiger partial charge in [0.05, 0.1) is 0 Å². The van der Waals surface area contributed by atoms with Crippen LogP contribution in [-0.2, 0) is 0 Å². The zero-order chi connectivity index (χ0) is 12.7. The number of hydrogen-bond acceptors (Lipinski definition) is 0. The zero-order valence-electron chi connectivity index (χ0n) is 12.7. The van der Waals surface area contributed by atoms with Crippen LogP contribution < -0.4 is 0 Å². The second kappa shape index (κ2) is 4.03. The van der Waals surface area contributed by atoms with Crippen LogP contribution in [0.1, 0.15) is 34.1 Å². The SMILES string of the molecule is CC(C)(C)CC(C)([Si](C)(C)C)[Si](C)(C)C. The smallest absolute Gasteiger partial charge is 0.0475 e. The molecule has 0 aliphatic heterocycles. The van der Waals surface area contributed by atoms with Crippen LogP contribution in [0.25, 0.3) is 0 Å². The van der Waals surface area contributed by atoms with E-state index in [1.807, 2.05) is 0 Å². The summed E-state index contributed by atoms with van der Waals surface area (Å²) in [5.41, 5.74) is 0.468. The first-order valence-electron chi connectivity index (χ1n) is 6.21. The minimum atomic E-state index is -1.09. The van der Waals surface area contributed by atoms with E-state index in [9.17, 15) is 0 Å². The lowest BCUT2D eigenvalue weighted by Gasteiger charge is -2.52. The van der Waals surface area contributed by atoms with Crippen molar-refractivity contribution in [2.24, 2.45) is 5.41 Å². The summed E-state index contributed by atoms with van der Waals surface area (Å²) in [6.07, 6.45) is 1.39. The third-order valence-electron chi connectivity index (χ3n) is 4.19. The molecule has 0 amide bonds. The third-order valence-corrected chi connectivity index (χ3v) is 15.7. The molecule has 0 aliphatic rings. The molecular formula is C13H32Si2. The molecule has 0 aromatic heterocycles. The Labute approximate surface area is 99.9 Å². The predicted molar refractivity (Wildman–Crippen MR) is 79.1 cm³/mol. The Morgan fingerprint density at radius 2 is 0.933 bits per heavy atom. The van der Waals surface area contributed by atoms with E-state index in [-0.39, 0.29) is 0 Å². The van der Waals surface area contributed by atoms with Crippen LogP contribution in [0.5, 0.6) is 0 Å². The van der Waals surface area contributed by atoms with Gasteiger partial charge in [0.15, 0.2) is 0 Å². The maximum atomic E-state index is 2.58. The van der Waals surface area contributed by atoms with Crippen LogP contribution in [0, 0.1) is 5.41 Å². The van der Waals surface area contributed by atoms with Crippen molar-refractivity contribution in [3.63, 3.8) is 0 Å². The molecule has 0 spiro atoms. The van der Waals surface area contributed by atoms with Crippen LogP contribution in [0.15, 0.2) is 0 Å². The topological polar surface area (TPSA) is 0 Å². The average molecular weight is 245 g/mol. The van der Waals surface area contributed by atoms with Crippen LogP contribution >= 0.6 is 0 Å². The van der Waals surface area contributed by atoms with Gasteiger partial charge in [0.1, 0.15) is 0 Å². The zero-order valence-corrected chi connectivity index (χ0v) is 14.7. The lowest BCUT2D eigenvalue weighted by molar-refractivity contribution is 0.349. The molecule has 15 heavy (non-hydrogen) atoms. The first-order valence-corrected chi connectivity index (χ1v) is 13.2. The highest BCUT2D eigenvalue weighted by molar-refractivity contribution is 6.98. The fraction of sp³-hybridized carbons (Fsp3) is 1.00. The molecule has 0 aromatic rings. The summed E-state index contributed by atoms with van der Waals surface area (Å²) in [5.74, 6) is 0. The Kier molecular flexibility index (Phi) is 4.14. The molecule has 0 aliphatic carbocycles.